The van der Waals surface area contributed by atoms with Gasteiger partial charge in [-0.15, -0.1) is 0 Å². The molecular formula is C25H31NO4. The number of hydrogen-bond donors (Lipinski definition) is 1. The lowest BCUT2D eigenvalue weighted by Gasteiger charge is -2.28. The summed E-state index contributed by atoms with van der Waals surface area (Å²) in [6, 6.07) is 13.4. The highest BCUT2D eigenvalue weighted by Crippen LogP contribution is 2.42. The second kappa shape index (κ2) is 9.33. The van der Waals surface area contributed by atoms with Crippen LogP contribution in [0.1, 0.15) is 67.4 Å². The Morgan fingerprint density at radius 3 is 2.37 bits per heavy atom. The third-order valence-corrected chi connectivity index (χ3v) is 6.04. The maximum Gasteiger partial charge on any atom is 0.341 e. The van der Waals surface area contributed by atoms with Crippen LogP contribution in [0, 0.1) is 6.92 Å². The van der Waals surface area contributed by atoms with Gasteiger partial charge in [0.2, 0.25) is 5.91 Å². The van der Waals surface area contributed by atoms with Crippen LogP contribution in [-0.4, -0.2) is 25.1 Å². The molecule has 0 unspecified atom stereocenters. The van der Waals surface area contributed by atoms with Crippen molar-refractivity contribution in [3.63, 3.8) is 0 Å². The van der Waals surface area contributed by atoms with Crippen LogP contribution in [0.2, 0.25) is 0 Å². The summed E-state index contributed by atoms with van der Waals surface area (Å²) in [5.41, 5.74) is 2.56. The van der Waals surface area contributed by atoms with Gasteiger partial charge in [-0.3, -0.25) is 4.79 Å². The fourth-order valence-electron chi connectivity index (χ4n) is 4.03. The first-order valence-electron chi connectivity index (χ1n) is 10.7. The number of rotatable bonds is 7. The Labute approximate surface area is 178 Å². The Bertz CT molecular complexity index is 898. The van der Waals surface area contributed by atoms with E-state index in [0.29, 0.717) is 17.0 Å². The number of nitrogens with one attached hydrogen (secondary N) is 1. The molecule has 0 heterocycles. The molecule has 1 saturated carbocycles. The normalized spacial score (nSPS) is 16.0. The largest absolute Gasteiger partial charge is 0.490 e. The fraction of sp³-hybridized carbons (Fsp3) is 0.440. The van der Waals surface area contributed by atoms with E-state index in [2.05, 4.69) is 29.6 Å². The highest BCUT2D eigenvalue weighted by Gasteiger charge is 2.42. The third-order valence-electron chi connectivity index (χ3n) is 6.04. The summed E-state index contributed by atoms with van der Waals surface area (Å²) in [6.45, 7) is 6.01. The summed E-state index contributed by atoms with van der Waals surface area (Å²) in [4.78, 5) is 25.7. The predicted octanol–water partition coefficient (Wildman–Crippen LogP) is 5.41. The monoisotopic (exact) mass is 409 g/mol. The summed E-state index contributed by atoms with van der Waals surface area (Å²) >= 11 is 0. The zero-order chi connectivity index (χ0) is 21.7. The molecule has 1 fully saturated rings. The van der Waals surface area contributed by atoms with E-state index in [9.17, 15) is 9.59 Å². The summed E-state index contributed by atoms with van der Waals surface area (Å²) in [5, 5.41) is 3.05. The number of amides is 1. The molecule has 1 aliphatic carbocycles. The Morgan fingerprint density at radius 2 is 1.77 bits per heavy atom. The number of ether oxygens (including phenoxy) is 2. The van der Waals surface area contributed by atoms with E-state index in [1.807, 2.05) is 20.8 Å². The standard InChI is InChI=1S/C25H31NO4/c1-5-18(3)30-22-13-12-20(16-21(22)23(27)29-4)26-24(28)25(14-6-7-15-25)19-10-8-17(2)9-11-19/h8-13,16,18H,5-7,14-15H2,1-4H3,(H,26,28)/t18-/m0/s1. The first-order valence-corrected chi connectivity index (χ1v) is 10.7. The second-order valence-electron chi connectivity index (χ2n) is 8.15. The van der Waals surface area contributed by atoms with Crippen LogP contribution in [0.15, 0.2) is 42.5 Å². The molecule has 5 nitrogen and oxygen atoms in total. The van der Waals surface area contributed by atoms with Gasteiger partial charge in [-0.2, -0.15) is 0 Å². The zero-order valence-electron chi connectivity index (χ0n) is 18.3. The van der Waals surface area contributed by atoms with Gasteiger partial charge >= 0.3 is 5.97 Å². The van der Waals surface area contributed by atoms with Crippen molar-refractivity contribution in [1.82, 2.24) is 0 Å². The molecule has 1 amide bonds. The van der Waals surface area contributed by atoms with Crippen molar-refractivity contribution in [2.75, 3.05) is 12.4 Å². The number of esters is 1. The van der Waals surface area contributed by atoms with Crippen molar-refractivity contribution in [3.05, 3.63) is 59.2 Å². The molecule has 3 rings (SSSR count). The molecule has 5 heteroatoms. The van der Waals surface area contributed by atoms with Crippen LogP contribution in [-0.2, 0) is 14.9 Å². The van der Waals surface area contributed by atoms with Gasteiger partial charge < -0.3 is 14.8 Å². The lowest BCUT2D eigenvalue weighted by Crippen LogP contribution is -2.38. The third kappa shape index (κ3) is 4.50. The van der Waals surface area contributed by atoms with Crippen molar-refractivity contribution in [2.24, 2.45) is 0 Å². The lowest BCUT2D eigenvalue weighted by molar-refractivity contribution is -0.121. The Kier molecular flexibility index (Phi) is 6.80. The van der Waals surface area contributed by atoms with Crippen LogP contribution in [0.5, 0.6) is 5.75 Å². The summed E-state index contributed by atoms with van der Waals surface area (Å²) in [6.07, 6.45) is 4.48. The number of benzene rings is 2. The number of methoxy groups -OCH3 is 1. The SMILES string of the molecule is CC[C@H](C)Oc1ccc(NC(=O)C2(c3ccc(C)cc3)CCCC2)cc1C(=O)OC. The van der Waals surface area contributed by atoms with Crippen molar-refractivity contribution in [3.8, 4) is 5.75 Å². The van der Waals surface area contributed by atoms with Gasteiger partial charge in [0.15, 0.2) is 0 Å². The number of hydrogen-bond acceptors (Lipinski definition) is 4. The van der Waals surface area contributed by atoms with Crippen molar-refractivity contribution in [1.29, 1.82) is 0 Å². The molecule has 1 N–H and O–H groups in total. The zero-order valence-corrected chi connectivity index (χ0v) is 18.3. The molecule has 160 valence electrons. The van der Waals surface area contributed by atoms with Gasteiger partial charge in [-0.25, -0.2) is 4.79 Å². The molecule has 0 aliphatic heterocycles. The molecule has 0 saturated heterocycles. The minimum absolute atomic E-state index is 0.0304. The number of carbonyl (C=O) groups is 2. The number of anilines is 1. The quantitative estimate of drug-likeness (QED) is 0.621. The van der Waals surface area contributed by atoms with Crippen molar-refractivity contribution >= 4 is 17.6 Å². The van der Waals surface area contributed by atoms with Gasteiger partial charge in [0.1, 0.15) is 11.3 Å². The van der Waals surface area contributed by atoms with Gasteiger partial charge in [0.25, 0.3) is 0 Å². The minimum atomic E-state index is -0.537. The first-order chi connectivity index (χ1) is 14.4. The molecule has 0 spiro atoms. The predicted molar refractivity (Wildman–Crippen MR) is 118 cm³/mol. The van der Waals surface area contributed by atoms with E-state index in [-0.39, 0.29) is 12.0 Å². The fourth-order valence-corrected chi connectivity index (χ4v) is 4.03. The lowest BCUT2D eigenvalue weighted by atomic mass is 9.77. The van der Waals surface area contributed by atoms with Gasteiger partial charge in [-0.05, 0) is 56.9 Å². The molecule has 2 aromatic rings. The van der Waals surface area contributed by atoms with Gasteiger partial charge in [0, 0.05) is 5.69 Å². The van der Waals surface area contributed by atoms with E-state index in [1.54, 1.807) is 18.2 Å². The topological polar surface area (TPSA) is 64.6 Å². The molecule has 2 aromatic carbocycles. The van der Waals surface area contributed by atoms with E-state index in [1.165, 1.54) is 12.7 Å². The molecule has 1 atom stereocenters. The number of aryl methyl sites for hydroxylation is 1. The maximum atomic E-state index is 13.4. The molecule has 30 heavy (non-hydrogen) atoms. The van der Waals surface area contributed by atoms with Crippen molar-refractivity contribution < 1.29 is 19.1 Å². The Balaban J connectivity index is 1.89. The summed E-state index contributed by atoms with van der Waals surface area (Å²) < 4.78 is 10.8. The van der Waals surface area contributed by atoms with E-state index >= 15 is 0 Å². The maximum absolute atomic E-state index is 13.4. The minimum Gasteiger partial charge on any atom is -0.490 e. The van der Waals surface area contributed by atoms with Crippen LogP contribution >= 0.6 is 0 Å². The van der Waals surface area contributed by atoms with Crippen molar-refractivity contribution in [2.45, 2.75) is 64.4 Å². The van der Waals surface area contributed by atoms with Gasteiger partial charge in [0.05, 0.1) is 18.6 Å². The van der Waals surface area contributed by atoms with Crippen LogP contribution in [0.4, 0.5) is 5.69 Å². The first kappa shape index (κ1) is 21.9. The second-order valence-corrected chi connectivity index (χ2v) is 8.15. The van der Waals surface area contributed by atoms with E-state index < -0.39 is 11.4 Å². The van der Waals surface area contributed by atoms with E-state index in [0.717, 1.165) is 37.7 Å². The highest BCUT2D eigenvalue weighted by atomic mass is 16.5. The average Bonchev–Trinajstić information content (AvgIpc) is 3.25. The van der Waals surface area contributed by atoms with Crippen LogP contribution in [0.25, 0.3) is 0 Å². The molecule has 0 aromatic heterocycles. The van der Waals surface area contributed by atoms with E-state index in [4.69, 9.17) is 9.47 Å². The smallest absolute Gasteiger partial charge is 0.341 e. The van der Waals surface area contributed by atoms with Crippen LogP contribution in [0.3, 0.4) is 0 Å². The highest BCUT2D eigenvalue weighted by molar-refractivity contribution is 6.01. The van der Waals surface area contributed by atoms with Gasteiger partial charge in [-0.1, -0.05) is 49.6 Å². The van der Waals surface area contributed by atoms with Crippen LogP contribution < -0.4 is 10.1 Å². The summed E-state index contributed by atoms with van der Waals surface area (Å²) in [5.74, 6) is -0.0582. The number of carbonyl (C=O) groups excluding carboxylic acids is 2. The Hall–Kier alpha value is -2.82. The average molecular weight is 410 g/mol. The molecular weight excluding hydrogens is 378 g/mol. The molecule has 1 aliphatic rings. The summed E-state index contributed by atoms with van der Waals surface area (Å²) in [7, 11) is 1.34. The molecule has 0 radical (unpaired) electrons. The molecule has 0 bridgehead atoms. The Morgan fingerprint density at radius 1 is 1.10 bits per heavy atom.